The number of esters is 1. The third kappa shape index (κ3) is 9.29. The summed E-state index contributed by atoms with van der Waals surface area (Å²) in [5, 5.41) is 17.4. The Morgan fingerprint density at radius 2 is 1.75 bits per heavy atom. The standard InChI is InChI=1S/C12H22N2O6/c1-14(2,3)7-8(6-10(15)16)20-11(17)5-4-9(13)12(18)19/h8-9H,4-7,13H2,1-3H3,(H-,15,16,18,19)/p+1/t8?,9-/m0/s1. The van der Waals surface area contributed by atoms with Crippen LogP contribution in [0, 0.1) is 0 Å². The second-order valence-electron chi connectivity index (χ2n) is 5.67. The van der Waals surface area contributed by atoms with Crippen molar-refractivity contribution >= 4 is 17.9 Å². The number of quaternary nitrogens is 1. The Hall–Kier alpha value is -1.67. The Labute approximate surface area is 117 Å². The Kier molecular flexibility index (Phi) is 7.16. The van der Waals surface area contributed by atoms with Crippen molar-refractivity contribution in [3.8, 4) is 0 Å². The molecule has 0 fully saturated rings. The average molecular weight is 291 g/mol. The minimum Gasteiger partial charge on any atom is -0.481 e. The number of carboxylic acids is 2. The Morgan fingerprint density at radius 1 is 1.20 bits per heavy atom. The number of nitrogens with zero attached hydrogens (tertiary/aromatic N) is 1. The summed E-state index contributed by atoms with van der Waals surface area (Å²) in [7, 11) is 5.55. The Morgan fingerprint density at radius 3 is 2.15 bits per heavy atom. The minimum atomic E-state index is -1.19. The van der Waals surface area contributed by atoms with Gasteiger partial charge in [-0.3, -0.25) is 14.4 Å². The van der Waals surface area contributed by atoms with Gasteiger partial charge < -0.3 is 25.2 Å². The fourth-order valence-corrected chi connectivity index (χ4v) is 1.59. The highest BCUT2D eigenvalue weighted by molar-refractivity contribution is 5.75. The highest BCUT2D eigenvalue weighted by Crippen LogP contribution is 2.08. The molecule has 0 aliphatic rings. The SMILES string of the molecule is C[N+](C)(C)CC(CC(=O)O)OC(=O)CC[C@H](N)C(=O)O. The highest BCUT2D eigenvalue weighted by atomic mass is 16.5. The van der Waals surface area contributed by atoms with E-state index in [4.69, 9.17) is 20.7 Å². The lowest BCUT2D eigenvalue weighted by Crippen LogP contribution is -2.44. The van der Waals surface area contributed by atoms with Gasteiger partial charge in [0.15, 0.2) is 6.10 Å². The predicted molar refractivity (Wildman–Crippen MR) is 69.9 cm³/mol. The van der Waals surface area contributed by atoms with E-state index in [9.17, 15) is 14.4 Å². The van der Waals surface area contributed by atoms with Crippen molar-refractivity contribution in [2.75, 3.05) is 27.7 Å². The first-order valence-electron chi connectivity index (χ1n) is 6.21. The lowest BCUT2D eigenvalue weighted by atomic mass is 10.1. The van der Waals surface area contributed by atoms with Gasteiger partial charge in [0.25, 0.3) is 0 Å². The lowest BCUT2D eigenvalue weighted by molar-refractivity contribution is -0.873. The second kappa shape index (κ2) is 7.81. The molecule has 8 heteroatoms. The van der Waals surface area contributed by atoms with Gasteiger partial charge in [-0.2, -0.15) is 0 Å². The summed E-state index contributed by atoms with van der Waals surface area (Å²) in [5.74, 6) is -2.88. The molecule has 116 valence electrons. The van der Waals surface area contributed by atoms with E-state index in [1.165, 1.54) is 0 Å². The number of carbonyl (C=O) groups excluding carboxylic acids is 1. The quantitative estimate of drug-likeness (QED) is 0.377. The molecule has 0 aromatic carbocycles. The van der Waals surface area contributed by atoms with Gasteiger partial charge in [0, 0.05) is 6.42 Å². The van der Waals surface area contributed by atoms with Gasteiger partial charge in [-0.1, -0.05) is 0 Å². The van der Waals surface area contributed by atoms with Crippen molar-refractivity contribution in [1.82, 2.24) is 0 Å². The van der Waals surface area contributed by atoms with Crippen LogP contribution in [0.3, 0.4) is 0 Å². The number of carbonyl (C=O) groups is 3. The number of carboxylic acid groups (broad SMARTS) is 2. The average Bonchev–Trinajstić information content (AvgIpc) is 2.21. The van der Waals surface area contributed by atoms with Crippen LogP contribution in [0.4, 0.5) is 0 Å². The summed E-state index contributed by atoms with van der Waals surface area (Å²) in [6.07, 6.45) is -1.23. The minimum absolute atomic E-state index is 0.0433. The van der Waals surface area contributed by atoms with Crippen molar-refractivity contribution < 1.29 is 33.8 Å². The van der Waals surface area contributed by atoms with E-state index in [2.05, 4.69) is 0 Å². The Bertz CT molecular complexity index is 363. The third-order valence-electron chi connectivity index (χ3n) is 2.43. The van der Waals surface area contributed by atoms with Gasteiger partial charge in [-0.15, -0.1) is 0 Å². The van der Waals surface area contributed by atoms with E-state index in [0.29, 0.717) is 11.0 Å². The molecule has 0 aromatic heterocycles. The molecule has 0 aliphatic carbocycles. The van der Waals surface area contributed by atoms with Gasteiger partial charge in [-0.05, 0) is 6.42 Å². The van der Waals surface area contributed by atoms with Crippen LogP contribution in [-0.2, 0) is 19.1 Å². The largest absolute Gasteiger partial charge is 0.481 e. The molecule has 1 unspecified atom stereocenters. The first-order valence-corrected chi connectivity index (χ1v) is 6.21. The molecule has 20 heavy (non-hydrogen) atoms. The number of aliphatic carboxylic acids is 2. The summed E-state index contributed by atoms with van der Waals surface area (Å²) in [6.45, 7) is 0.350. The number of nitrogens with two attached hydrogens (primary N) is 1. The molecular weight excluding hydrogens is 268 g/mol. The van der Waals surface area contributed by atoms with E-state index in [0.717, 1.165) is 0 Å². The first-order chi connectivity index (χ1) is 9.01. The fraction of sp³-hybridized carbons (Fsp3) is 0.750. The molecule has 0 amide bonds. The first kappa shape index (κ1) is 18.3. The summed E-state index contributed by atoms with van der Waals surface area (Å²) in [5.41, 5.74) is 5.27. The second-order valence-corrected chi connectivity index (χ2v) is 5.67. The molecule has 0 saturated heterocycles. The topological polar surface area (TPSA) is 127 Å². The molecule has 0 aromatic rings. The van der Waals surface area contributed by atoms with Crippen molar-refractivity contribution in [2.24, 2.45) is 5.73 Å². The van der Waals surface area contributed by atoms with Crippen LogP contribution in [0.25, 0.3) is 0 Å². The van der Waals surface area contributed by atoms with Crippen LogP contribution in [0.1, 0.15) is 19.3 Å². The van der Waals surface area contributed by atoms with E-state index in [1.54, 1.807) is 0 Å². The van der Waals surface area contributed by atoms with Crippen LogP contribution in [0.2, 0.25) is 0 Å². The van der Waals surface area contributed by atoms with Crippen LogP contribution < -0.4 is 5.73 Å². The zero-order valence-corrected chi connectivity index (χ0v) is 12.0. The monoisotopic (exact) mass is 291 g/mol. The number of hydrogen-bond donors (Lipinski definition) is 3. The fourth-order valence-electron chi connectivity index (χ4n) is 1.59. The van der Waals surface area contributed by atoms with Crippen LogP contribution in [-0.4, -0.2) is 72.4 Å². The van der Waals surface area contributed by atoms with Gasteiger partial charge in [0.2, 0.25) is 0 Å². The molecular formula is C12H23N2O6+. The molecule has 8 nitrogen and oxygen atoms in total. The lowest BCUT2D eigenvalue weighted by Gasteiger charge is -2.28. The maximum Gasteiger partial charge on any atom is 0.320 e. The number of likely N-dealkylation sites (N-methyl/N-ethyl adjacent to an activating group) is 1. The Balaban J connectivity index is 4.38. The molecule has 0 saturated carbocycles. The molecule has 0 radical (unpaired) electrons. The number of rotatable bonds is 9. The number of hydrogen-bond acceptors (Lipinski definition) is 5. The maximum atomic E-state index is 11.6. The molecule has 0 rings (SSSR count). The van der Waals surface area contributed by atoms with Gasteiger partial charge >= 0.3 is 17.9 Å². The van der Waals surface area contributed by atoms with E-state index < -0.39 is 30.1 Å². The van der Waals surface area contributed by atoms with E-state index >= 15 is 0 Å². The van der Waals surface area contributed by atoms with Crippen LogP contribution in [0.5, 0.6) is 0 Å². The number of ether oxygens (including phenoxy) is 1. The zero-order valence-electron chi connectivity index (χ0n) is 12.0. The van der Waals surface area contributed by atoms with Gasteiger partial charge in [-0.25, -0.2) is 0 Å². The van der Waals surface area contributed by atoms with E-state index in [1.807, 2.05) is 21.1 Å². The summed E-state index contributed by atoms with van der Waals surface area (Å²) >= 11 is 0. The van der Waals surface area contributed by atoms with Crippen molar-refractivity contribution in [3.05, 3.63) is 0 Å². The maximum absolute atomic E-state index is 11.6. The molecule has 0 spiro atoms. The molecule has 2 atom stereocenters. The normalized spacial score (nSPS) is 14.4. The summed E-state index contributed by atoms with van der Waals surface area (Å²) < 4.78 is 5.53. The summed E-state index contributed by atoms with van der Waals surface area (Å²) in [4.78, 5) is 32.8. The smallest absolute Gasteiger partial charge is 0.320 e. The molecule has 4 N–H and O–H groups in total. The van der Waals surface area contributed by atoms with Crippen molar-refractivity contribution in [2.45, 2.75) is 31.4 Å². The third-order valence-corrected chi connectivity index (χ3v) is 2.43. The van der Waals surface area contributed by atoms with Crippen LogP contribution in [0.15, 0.2) is 0 Å². The zero-order chi connectivity index (χ0) is 15.9. The van der Waals surface area contributed by atoms with Crippen molar-refractivity contribution in [1.29, 1.82) is 0 Å². The highest BCUT2D eigenvalue weighted by Gasteiger charge is 2.25. The molecule has 0 bridgehead atoms. The van der Waals surface area contributed by atoms with E-state index in [-0.39, 0.29) is 19.3 Å². The van der Waals surface area contributed by atoms with Crippen LogP contribution >= 0.6 is 0 Å². The summed E-state index contributed by atoms with van der Waals surface area (Å²) in [6, 6.07) is -1.13. The predicted octanol–water partition coefficient (Wildman–Crippen LogP) is -0.729. The molecule has 0 heterocycles. The van der Waals surface area contributed by atoms with Gasteiger partial charge in [0.05, 0.1) is 27.6 Å². The van der Waals surface area contributed by atoms with Gasteiger partial charge in [0.1, 0.15) is 12.6 Å². The van der Waals surface area contributed by atoms with Crippen molar-refractivity contribution in [3.63, 3.8) is 0 Å². The molecule has 0 aliphatic heterocycles.